The topological polar surface area (TPSA) is 50.7 Å². The lowest BCUT2D eigenvalue weighted by Gasteiger charge is -2.19. The van der Waals surface area contributed by atoms with E-state index in [1.165, 1.54) is 25.7 Å². The third kappa shape index (κ3) is 4.59. The van der Waals surface area contributed by atoms with Gasteiger partial charge in [-0.3, -0.25) is 4.79 Å². The largest absolute Gasteiger partial charge is 0.475 e. The molecule has 2 aliphatic rings. The minimum atomic E-state index is -0.461. The number of rotatable bonds is 4. The van der Waals surface area contributed by atoms with Crippen LogP contribution in [0.1, 0.15) is 66.2 Å². The van der Waals surface area contributed by atoms with Crippen molar-refractivity contribution in [1.82, 2.24) is 5.32 Å². The number of aliphatic imine (C=N–C) groups is 1. The predicted molar refractivity (Wildman–Crippen MR) is 98.6 cm³/mol. The second kappa shape index (κ2) is 7.82. The fourth-order valence-electron chi connectivity index (χ4n) is 2.96. The summed E-state index contributed by atoms with van der Waals surface area (Å²) < 4.78 is 6.11. The van der Waals surface area contributed by atoms with Crippen molar-refractivity contribution in [2.24, 2.45) is 10.4 Å². The van der Waals surface area contributed by atoms with Crippen LogP contribution in [0, 0.1) is 5.41 Å². The quantitative estimate of drug-likeness (QED) is 0.603. The average molecular weight is 330 g/mol. The third-order valence-corrected chi connectivity index (χ3v) is 4.42. The monoisotopic (exact) mass is 330 g/mol. The van der Waals surface area contributed by atoms with Crippen molar-refractivity contribution < 1.29 is 9.53 Å². The smallest absolute Gasteiger partial charge is 0.209 e. The van der Waals surface area contributed by atoms with Crippen LogP contribution in [0.2, 0.25) is 0 Å². The Kier molecular flexibility index (Phi) is 6.03. The molecule has 0 amide bonds. The molecule has 1 aliphatic carbocycles. The van der Waals surface area contributed by atoms with E-state index in [1.807, 2.05) is 33.8 Å². The third-order valence-electron chi connectivity index (χ3n) is 4.42. The zero-order valence-electron chi connectivity index (χ0n) is 15.4. The lowest BCUT2D eigenvalue weighted by Crippen LogP contribution is -2.25. The minimum absolute atomic E-state index is 0.0531. The highest BCUT2D eigenvalue weighted by Gasteiger charge is 2.32. The Balaban J connectivity index is 2.17. The van der Waals surface area contributed by atoms with Crippen LogP contribution in [0.25, 0.3) is 0 Å². The maximum Gasteiger partial charge on any atom is 0.209 e. The maximum absolute atomic E-state index is 12.6. The summed E-state index contributed by atoms with van der Waals surface area (Å²) in [6.07, 6.45) is 10.9. The van der Waals surface area contributed by atoms with Crippen LogP contribution in [0.4, 0.5) is 0 Å². The van der Waals surface area contributed by atoms with Gasteiger partial charge in [0.05, 0.1) is 11.3 Å². The van der Waals surface area contributed by atoms with E-state index in [9.17, 15) is 4.79 Å². The molecule has 0 radical (unpaired) electrons. The summed E-state index contributed by atoms with van der Waals surface area (Å²) in [7, 11) is 0. The van der Waals surface area contributed by atoms with Gasteiger partial charge < -0.3 is 10.1 Å². The van der Waals surface area contributed by atoms with Gasteiger partial charge in [0.15, 0.2) is 5.78 Å². The standard InChI is InChI=1S/C20H30N2O2/c1-6-17(24-15-11-9-7-8-10-12-15)22-18-14(2)21-13-16(18)19(23)20(3,4)5/h6,13,15,21H,2,7-12H2,1,3-5H3/b17-6+,22-18+. The molecule has 1 fully saturated rings. The molecule has 0 aromatic carbocycles. The molecular formula is C20H30N2O2. The normalized spacial score (nSPS) is 22.2. The summed E-state index contributed by atoms with van der Waals surface area (Å²) in [4.78, 5) is 17.3. The molecule has 0 aromatic rings. The molecule has 1 N–H and O–H groups in total. The summed E-state index contributed by atoms with van der Waals surface area (Å²) in [5.74, 6) is 0.631. The number of Topliss-reactive ketones (excluding diaryl/α,β-unsaturated/α-hetero) is 1. The fraction of sp³-hybridized carbons (Fsp3) is 0.600. The molecule has 0 bridgehead atoms. The van der Waals surface area contributed by atoms with Gasteiger partial charge in [-0.15, -0.1) is 0 Å². The lowest BCUT2D eigenvalue weighted by atomic mass is 9.85. The van der Waals surface area contributed by atoms with Crippen LogP contribution >= 0.6 is 0 Å². The first-order chi connectivity index (χ1) is 11.3. The zero-order chi connectivity index (χ0) is 17.7. The van der Waals surface area contributed by atoms with Crippen molar-refractivity contribution in [3.05, 3.63) is 36.0 Å². The molecule has 0 spiro atoms. The van der Waals surface area contributed by atoms with Crippen LogP contribution in [-0.4, -0.2) is 17.6 Å². The highest BCUT2D eigenvalue weighted by Crippen LogP contribution is 2.27. The van der Waals surface area contributed by atoms with Crippen molar-refractivity contribution in [1.29, 1.82) is 0 Å². The molecule has 132 valence electrons. The minimum Gasteiger partial charge on any atom is -0.475 e. The van der Waals surface area contributed by atoms with Gasteiger partial charge in [-0.2, -0.15) is 0 Å². The second-order valence-corrected chi connectivity index (χ2v) is 7.58. The van der Waals surface area contributed by atoms with Crippen LogP contribution in [0.3, 0.4) is 0 Å². The molecule has 4 nitrogen and oxygen atoms in total. The van der Waals surface area contributed by atoms with E-state index < -0.39 is 5.41 Å². The molecule has 0 unspecified atom stereocenters. The number of carbonyl (C=O) groups is 1. The summed E-state index contributed by atoms with van der Waals surface area (Å²) in [5, 5.41) is 3.02. The van der Waals surface area contributed by atoms with Crippen molar-refractivity contribution in [2.45, 2.75) is 72.3 Å². The first-order valence-electron chi connectivity index (χ1n) is 8.95. The van der Waals surface area contributed by atoms with Gasteiger partial charge in [-0.05, 0) is 38.7 Å². The Hall–Kier alpha value is -1.84. The average Bonchev–Trinajstić information content (AvgIpc) is 2.73. The van der Waals surface area contributed by atoms with E-state index >= 15 is 0 Å². The van der Waals surface area contributed by atoms with Gasteiger partial charge in [0.25, 0.3) is 0 Å². The molecule has 0 aromatic heterocycles. The van der Waals surface area contributed by atoms with Crippen molar-refractivity contribution in [3.63, 3.8) is 0 Å². The Morgan fingerprint density at radius 2 is 1.92 bits per heavy atom. The summed E-state index contributed by atoms with van der Waals surface area (Å²) in [6, 6.07) is 0. The molecule has 2 rings (SSSR count). The number of ether oxygens (including phenoxy) is 1. The summed E-state index contributed by atoms with van der Waals surface area (Å²) in [5.41, 5.74) is 1.36. The van der Waals surface area contributed by atoms with Crippen LogP contribution in [0.15, 0.2) is 41.0 Å². The Morgan fingerprint density at radius 1 is 1.29 bits per heavy atom. The number of nitrogens with zero attached hydrogens (tertiary/aromatic N) is 1. The lowest BCUT2D eigenvalue weighted by molar-refractivity contribution is -0.121. The van der Waals surface area contributed by atoms with E-state index in [1.54, 1.807) is 6.20 Å². The van der Waals surface area contributed by atoms with Gasteiger partial charge in [0.1, 0.15) is 11.8 Å². The number of hydrogen-bond donors (Lipinski definition) is 1. The van der Waals surface area contributed by atoms with E-state index in [4.69, 9.17) is 4.74 Å². The van der Waals surface area contributed by atoms with E-state index in [0.29, 0.717) is 22.9 Å². The highest BCUT2D eigenvalue weighted by molar-refractivity contribution is 6.31. The first-order valence-corrected chi connectivity index (χ1v) is 8.95. The summed E-state index contributed by atoms with van der Waals surface area (Å²) in [6.45, 7) is 11.6. The van der Waals surface area contributed by atoms with Crippen LogP contribution in [-0.2, 0) is 9.53 Å². The van der Waals surface area contributed by atoms with Gasteiger partial charge in [-0.25, -0.2) is 4.99 Å². The molecule has 4 heteroatoms. The number of carbonyl (C=O) groups excluding carboxylic acids is 1. The molecule has 0 atom stereocenters. The Labute approximate surface area is 145 Å². The highest BCUT2D eigenvalue weighted by atomic mass is 16.5. The van der Waals surface area contributed by atoms with E-state index in [-0.39, 0.29) is 11.9 Å². The zero-order valence-corrected chi connectivity index (χ0v) is 15.4. The molecule has 1 aliphatic heterocycles. The van der Waals surface area contributed by atoms with Gasteiger partial charge in [0, 0.05) is 11.6 Å². The number of allylic oxidation sites excluding steroid dienone is 2. The summed E-state index contributed by atoms with van der Waals surface area (Å²) >= 11 is 0. The van der Waals surface area contributed by atoms with Crippen LogP contribution < -0.4 is 5.32 Å². The number of nitrogens with one attached hydrogen (secondary N) is 1. The molecule has 0 saturated heterocycles. The Morgan fingerprint density at radius 3 is 2.46 bits per heavy atom. The van der Waals surface area contributed by atoms with Crippen LogP contribution in [0.5, 0.6) is 0 Å². The maximum atomic E-state index is 12.6. The van der Waals surface area contributed by atoms with Gasteiger partial charge >= 0.3 is 0 Å². The molecule has 1 heterocycles. The van der Waals surface area contributed by atoms with E-state index in [2.05, 4.69) is 16.9 Å². The molecule has 24 heavy (non-hydrogen) atoms. The van der Waals surface area contributed by atoms with E-state index in [0.717, 1.165) is 12.8 Å². The second-order valence-electron chi connectivity index (χ2n) is 7.58. The predicted octanol–water partition coefficient (Wildman–Crippen LogP) is 4.64. The van der Waals surface area contributed by atoms with Crippen molar-refractivity contribution in [2.75, 3.05) is 0 Å². The van der Waals surface area contributed by atoms with Crippen molar-refractivity contribution in [3.8, 4) is 0 Å². The SMILES string of the molecule is C=C1NC=C(C(=O)C(C)(C)C)/C1=N/C(=C\C)OC1CCCCCC1. The first kappa shape index (κ1) is 18.5. The fourth-order valence-corrected chi connectivity index (χ4v) is 2.96. The number of hydrogen-bond acceptors (Lipinski definition) is 4. The van der Waals surface area contributed by atoms with Gasteiger partial charge in [0.2, 0.25) is 5.88 Å². The van der Waals surface area contributed by atoms with Gasteiger partial charge in [-0.1, -0.05) is 40.2 Å². The number of ketones is 1. The Bertz CT molecular complexity index is 583. The van der Waals surface area contributed by atoms with Crippen molar-refractivity contribution >= 4 is 11.5 Å². The molecular weight excluding hydrogens is 300 g/mol. The molecule has 1 saturated carbocycles.